The molecule has 0 bridgehead atoms. The molecule has 1 aliphatic heterocycles. The van der Waals surface area contributed by atoms with Crippen LogP contribution in [-0.2, 0) is 9.53 Å². The van der Waals surface area contributed by atoms with Crippen molar-refractivity contribution in [2.75, 3.05) is 0 Å². The fourth-order valence-electron chi connectivity index (χ4n) is 1.65. The number of carbonyl (C=O) groups is 1. The van der Waals surface area contributed by atoms with E-state index in [1.54, 1.807) is 0 Å². The molecule has 0 aromatic heterocycles. The number of fused-ring (bicyclic) bond motifs is 1. The van der Waals surface area contributed by atoms with E-state index in [0.717, 1.165) is 12.8 Å². The Bertz CT molecular complexity index is 240. The van der Waals surface area contributed by atoms with Gasteiger partial charge >= 0.3 is 5.97 Å². The topological polar surface area (TPSA) is 26.3 Å². The van der Waals surface area contributed by atoms with E-state index in [1.165, 1.54) is 0 Å². The van der Waals surface area contributed by atoms with Crippen LogP contribution in [0.2, 0.25) is 0 Å². The summed E-state index contributed by atoms with van der Waals surface area (Å²) in [4.78, 5) is 11.0. The summed E-state index contributed by atoms with van der Waals surface area (Å²) < 4.78 is 5.05. The highest BCUT2D eigenvalue weighted by molar-refractivity contribution is 5.91. The van der Waals surface area contributed by atoms with Gasteiger partial charge in [0.25, 0.3) is 0 Å². The first kappa shape index (κ1) is 6.65. The summed E-state index contributed by atoms with van der Waals surface area (Å²) >= 11 is 0. The van der Waals surface area contributed by atoms with Crippen molar-refractivity contribution in [3.63, 3.8) is 0 Å². The molecule has 0 spiro atoms. The van der Waals surface area contributed by atoms with Crippen LogP contribution in [0.15, 0.2) is 24.3 Å². The van der Waals surface area contributed by atoms with Gasteiger partial charge in [0, 0.05) is 11.5 Å². The van der Waals surface area contributed by atoms with Gasteiger partial charge in [-0.05, 0) is 18.9 Å². The lowest BCUT2D eigenvalue weighted by atomic mass is 9.88. The highest BCUT2D eigenvalue weighted by Crippen LogP contribution is 2.33. The lowest BCUT2D eigenvalue weighted by Crippen LogP contribution is -2.16. The number of esters is 1. The SMILES string of the molecule is C=C1C(=O)O[C@@H]2C=CCC[C@H]12. The lowest BCUT2D eigenvalue weighted by Gasteiger charge is -2.16. The molecule has 0 aromatic rings. The van der Waals surface area contributed by atoms with Gasteiger partial charge < -0.3 is 4.74 Å². The summed E-state index contributed by atoms with van der Waals surface area (Å²) in [5.41, 5.74) is 0.652. The van der Waals surface area contributed by atoms with Crippen LogP contribution in [0.1, 0.15) is 12.8 Å². The molecule has 1 aliphatic carbocycles. The monoisotopic (exact) mass is 150 g/mol. The fourth-order valence-corrected chi connectivity index (χ4v) is 1.65. The molecule has 1 saturated heterocycles. The van der Waals surface area contributed by atoms with E-state index in [1.807, 2.05) is 6.08 Å². The van der Waals surface area contributed by atoms with E-state index in [4.69, 9.17) is 4.74 Å². The minimum atomic E-state index is -0.216. The standard InChI is InChI=1S/C9H10O2/c1-6-7-4-2-3-5-8(7)11-9(6)10/h3,5,7-8H,1-2,4H2/t7-,8-/m1/s1. The molecule has 1 fully saturated rings. The van der Waals surface area contributed by atoms with Gasteiger partial charge in [0.2, 0.25) is 0 Å². The Morgan fingerprint density at radius 2 is 2.45 bits per heavy atom. The summed E-state index contributed by atoms with van der Waals surface area (Å²) in [5, 5.41) is 0. The van der Waals surface area contributed by atoms with Gasteiger partial charge in [-0.1, -0.05) is 12.7 Å². The van der Waals surface area contributed by atoms with E-state index in [0.29, 0.717) is 5.57 Å². The van der Waals surface area contributed by atoms with E-state index in [9.17, 15) is 4.79 Å². The van der Waals surface area contributed by atoms with Crippen molar-refractivity contribution in [2.45, 2.75) is 18.9 Å². The van der Waals surface area contributed by atoms with E-state index < -0.39 is 0 Å². The first-order valence-electron chi connectivity index (χ1n) is 3.85. The number of rotatable bonds is 0. The Morgan fingerprint density at radius 1 is 1.64 bits per heavy atom. The van der Waals surface area contributed by atoms with Crippen LogP contribution in [0.25, 0.3) is 0 Å². The summed E-state index contributed by atoms with van der Waals surface area (Å²) in [6.45, 7) is 3.71. The third kappa shape index (κ3) is 0.897. The third-order valence-corrected chi connectivity index (χ3v) is 2.32. The van der Waals surface area contributed by atoms with Crippen molar-refractivity contribution in [3.05, 3.63) is 24.3 Å². The molecule has 2 heteroatoms. The van der Waals surface area contributed by atoms with Crippen molar-refractivity contribution < 1.29 is 9.53 Å². The number of allylic oxidation sites excluding steroid dienone is 1. The van der Waals surface area contributed by atoms with E-state index in [2.05, 4.69) is 12.7 Å². The summed E-state index contributed by atoms with van der Waals surface area (Å²) in [6.07, 6.45) is 6.06. The normalized spacial score (nSPS) is 35.3. The van der Waals surface area contributed by atoms with Gasteiger partial charge in [-0.25, -0.2) is 4.79 Å². The molecule has 0 unspecified atom stereocenters. The predicted molar refractivity (Wildman–Crippen MR) is 40.9 cm³/mol. The summed E-state index contributed by atoms with van der Waals surface area (Å²) in [6, 6.07) is 0. The third-order valence-electron chi connectivity index (χ3n) is 2.32. The lowest BCUT2D eigenvalue weighted by molar-refractivity contribution is -0.137. The maximum Gasteiger partial charge on any atom is 0.334 e. The van der Waals surface area contributed by atoms with Crippen LogP contribution in [0.3, 0.4) is 0 Å². The van der Waals surface area contributed by atoms with Gasteiger partial charge in [0.05, 0.1) is 0 Å². The Balaban J connectivity index is 2.27. The average molecular weight is 150 g/mol. The fraction of sp³-hybridized carbons (Fsp3) is 0.444. The van der Waals surface area contributed by atoms with E-state index >= 15 is 0 Å². The first-order chi connectivity index (χ1) is 5.29. The second-order valence-electron chi connectivity index (χ2n) is 3.01. The molecule has 2 atom stereocenters. The second-order valence-corrected chi connectivity index (χ2v) is 3.01. The second kappa shape index (κ2) is 2.22. The smallest absolute Gasteiger partial charge is 0.334 e. The highest BCUT2D eigenvalue weighted by atomic mass is 16.5. The average Bonchev–Trinajstić information content (AvgIpc) is 2.30. The molecule has 0 N–H and O–H groups in total. The molecule has 2 aliphatic rings. The van der Waals surface area contributed by atoms with Gasteiger partial charge in [-0.3, -0.25) is 0 Å². The number of carbonyl (C=O) groups excluding carboxylic acids is 1. The molecule has 0 radical (unpaired) electrons. The zero-order valence-electron chi connectivity index (χ0n) is 6.25. The van der Waals surface area contributed by atoms with Crippen molar-refractivity contribution in [2.24, 2.45) is 5.92 Å². The summed E-state index contributed by atoms with van der Waals surface area (Å²) in [7, 11) is 0. The Labute approximate surface area is 65.5 Å². The van der Waals surface area contributed by atoms with Gasteiger partial charge in [0.1, 0.15) is 6.10 Å². The van der Waals surface area contributed by atoms with Crippen LogP contribution in [-0.4, -0.2) is 12.1 Å². The first-order valence-corrected chi connectivity index (χ1v) is 3.85. The van der Waals surface area contributed by atoms with Crippen molar-refractivity contribution >= 4 is 5.97 Å². The molecule has 0 saturated carbocycles. The molecular formula is C9H10O2. The minimum Gasteiger partial charge on any atom is -0.454 e. The van der Waals surface area contributed by atoms with Gasteiger partial charge in [-0.15, -0.1) is 0 Å². The van der Waals surface area contributed by atoms with Crippen LogP contribution in [0.4, 0.5) is 0 Å². The van der Waals surface area contributed by atoms with Crippen LogP contribution in [0.5, 0.6) is 0 Å². The Kier molecular flexibility index (Phi) is 1.34. The van der Waals surface area contributed by atoms with Crippen molar-refractivity contribution in [1.29, 1.82) is 0 Å². The maximum absolute atomic E-state index is 11.0. The van der Waals surface area contributed by atoms with E-state index in [-0.39, 0.29) is 18.0 Å². The molecular weight excluding hydrogens is 140 g/mol. The minimum absolute atomic E-state index is 0.0104. The van der Waals surface area contributed by atoms with Gasteiger partial charge in [-0.2, -0.15) is 0 Å². The maximum atomic E-state index is 11.0. The number of hydrogen-bond acceptors (Lipinski definition) is 2. The highest BCUT2D eigenvalue weighted by Gasteiger charge is 2.37. The van der Waals surface area contributed by atoms with Crippen molar-refractivity contribution in [1.82, 2.24) is 0 Å². The Morgan fingerprint density at radius 3 is 3.18 bits per heavy atom. The zero-order chi connectivity index (χ0) is 7.84. The Hall–Kier alpha value is -1.05. The molecule has 11 heavy (non-hydrogen) atoms. The molecule has 1 heterocycles. The molecule has 2 nitrogen and oxygen atoms in total. The number of ether oxygens (including phenoxy) is 1. The zero-order valence-corrected chi connectivity index (χ0v) is 6.25. The molecule has 58 valence electrons. The largest absolute Gasteiger partial charge is 0.454 e. The van der Waals surface area contributed by atoms with Crippen LogP contribution < -0.4 is 0 Å². The quantitative estimate of drug-likeness (QED) is 0.296. The van der Waals surface area contributed by atoms with Crippen LogP contribution in [0, 0.1) is 5.92 Å². The van der Waals surface area contributed by atoms with Crippen LogP contribution >= 0.6 is 0 Å². The summed E-state index contributed by atoms with van der Waals surface area (Å²) in [5.74, 6) is 0.0408. The predicted octanol–water partition coefficient (Wildman–Crippen LogP) is 1.43. The molecule has 0 aromatic carbocycles. The van der Waals surface area contributed by atoms with Gasteiger partial charge in [0.15, 0.2) is 0 Å². The molecule has 0 amide bonds. The molecule has 2 rings (SSSR count). The van der Waals surface area contributed by atoms with Crippen molar-refractivity contribution in [3.8, 4) is 0 Å². The number of hydrogen-bond donors (Lipinski definition) is 0.